The van der Waals surface area contributed by atoms with Gasteiger partial charge in [0.1, 0.15) is 12.4 Å². The zero-order valence-electron chi connectivity index (χ0n) is 14.7. The maximum Gasteiger partial charge on any atom is 0.416 e. The molecule has 0 radical (unpaired) electrons. The summed E-state index contributed by atoms with van der Waals surface area (Å²) >= 11 is 0. The molecule has 0 spiro atoms. The van der Waals surface area contributed by atoms with Gasteiger partial charge in [0.05, 0.1) is 16.2 Å². The number of halogens is 4. The Balaban J connectivity index is 1.73. The van der Waals surface area contributed by atoms with E-state index >= 15 is 0 Å². The molecule has 0 fully saturated rings. The highest BCUT2D eigenvalue weighted by Gasteiger charge is 2.30. The number of benzene rings is 2. The van der Waals surface area contributed by atoms with Crippen molar-refractivity contribution >= 4 is 15.8 Å². The standard InChI is InChI=1S/C19H14F4N2O3S/c20-19(21,22)14-9-11-16(12-10-14)28-13-15-5-4-8-18(24-15)25(23)29(26,27)17-6-2-1-3-7-17/h1-12H,13H2. The molecule has 3 rings (SSSR count). The fourth-order valence-corrected chi connectivity index (χ4v) is 3.38. The van der Waals surface area contributed by atoms with Gasteiger partial charge in [-0.3, -0.25) is 0 Å². The van der Waals surface area contributed by atoms with Gasteiger partial charge in [-0.15, -0.1) is 0 Å². The summed E-state index contributed by atoms with van der Waals surface area (Å²) in [6.45, 7) is -0.196. The number of rotatable bonds is 6. The highest BCUT2D eigenvalue weighted by atomic mass is 32.2. The molecule has 1 aromatic heterocycles. The van der Waals surface area contributed by atoms with Crippen molar-refractivity contribution in [3.8, 4) is 5.75 Å². The summed E-state index contributed by atoms with van der Waals surface area (Å²) in [5, 5.41) is 0. The summed E-state index contributed by atoms with van der Waals surface area (Å²) in [6, 6.07) is 15.1. The van der Waals surface area contributed by atoms with Crippen molar-refractivity contribution in [2.75, 3.05) is 4.53 Å². The normalized spacial score (nSPS) is 11.9. The van der Waals surface area contributed by atoms with Gasteiger partial charge in [-0.05, 0) is 48.5 Å². The number of aromatic nitrogens is 1. The molecule has 3 aromatic rings. The summed E-state index contributed by atoms with van der Waals surface area (Å²) in [6.07, 6.45) is -4.46. The molecule has 0 aliphatic carbocycles. The Labute approximate surface area is 164 Å². The van der Waals surface area contributed by atoms with Gasteiger partial charge in [0, 0.05) is 0 Å². The van der Waals surface area contributed by atoms with Gasteiger partial charge in [-0.2, -0.15) is 21.6 Å². The molecule has 0 amide bonds. The summed E-state index contributed by atoms with van der Waals surface area (Å²) in [4.78, 5) is 3.66. The van der Waals surface area contributed by atoms with E-state index in [9.17, 15) is 26.1 Å². The largest absolute Gasteiger partial charge is 0.487 e. The van der Waals surface area contributed by atoms with E-state index < -0.39 is 32.1 Å². The zero-order valence-corrected chi connectivity index (χ0v) is 15.5. The van der Waals surface area contributed by atoms with E-state index in [0.29, 0.717) is 0 Å². The van der Waals surface area contributed by atoms with Crippen LogP contribution < -0.4 is 9.26 Å². The molecule has 5 nitrogen and oxygen atoms in total. The minimum atomic E-state index is -4.46. The first-order chi connectivity index (χ1) is 13.7. The molecule has 0 unspecified atom stereocenters. The lowest BCUT2D eigenvalue weighted by atomic mass is 10.2. The Hall–Kier alpha value is -3.14. The van der Waals surface area contributed by atoms with E-state index in [1.54, 1.807) is 6.07 Å². The Bertz CT molecular complexity index is 1070. The topological polar surface area (TPSA) is 59.5 Å². The summed E-state index contributed by atoms with van der Waals surface area (Å²) in [5.74, 6) is -0.318. The van der Waals surface area contributed by atoms with Crippen LogP contribution in [0, 0.1) is 0 Å². The van der Waals surface area contributed by atoms with Gasteiger partial charge >= 0.3 is 6.18 Å². The molecule has 0 aliphatic heterocycles. The Kier molecular flexibility index (Phi) is 5.73. The van der Waals surface area contributed by atoms with E-state index in [0.717, 1.165) is 24.3 Å². The van der Waals surface area contributed by atoms with Gasteiger partial charge in [-0.1, -0.05) is 33.3 Å². The first kappa shape index (κ1) is 20.6. The summed E-state index contributed by atoms with van der Waals surface area (Å²) < 4.78 is 81.8. The van der Waals surface area contributed by atoms with Gasteiger partial charge in [0.25, 0.3) is 10.0 Å². The fraction of sp³-hybridized carbons (Fsp3) is 0.105. The van der Waals surface area contributed by atoms with Crippen LogP contribution in [-0.2, 0) is 22.8 Å². The van der Waals surface area contributed by atoms with Crippen molar-refractivity contribution in [1.82, 2.24) is 4.98 Å². The molecule has 10 heteroatoms. The van der Waals surface area contributed by atoms with Crippen molar-refractivity contribution in [3.05, 3.63) is 84.1 Å². The van der Waals surface area contributed by atoms with Crippen molar-refractivity contribution in [2.24, 2.45) is 0 Å². The van der Waals surface area contributed by atoms with Crippen LogP contribution >= 0.6 is 0 Å². The third-order valence-corrected chi connectivity index (χ3v) is 5.27. The monoisotopic (exact) mass is 426 g/mol. The van der Waals surface area contributed by atoms with E-state index in [1.807, 2.05) is 0 Å². The molecule has 1 heterocycles. The molecule has 0 saturated heterocycles. The number of hydrogen-bond acceptors (Lipinski definition) is 4. The first-order valence-electron chi connectivity index (χ1n) is 8.20. The molecule has 0 bridgehead atoms. The third kappa shape index (κ3) is 4.83. The molecule has 0 N–H and O–H groups in total. The van der Waals surface area contributed by atoms with E-state index in [1.165, 1.54) is 42.5 Å². The maximum absolute atomic E-state index is 14.5. The SMILES string of the molecule is O=S(=O)(c1ccccc1)N(F)c1cccc(COc2ccc(C(F)(F)F)cc2)n1. The second kappa shape index (κ2) is 8.08. The maximum atomic E-state index is 14.5. The zero-order chi connectivity index (χ0) is 21.1. The Morgan fingerprint density at radius 2 is 1.55 bits per heavy atom. The fourth-order valence-electron chi connectivity index (χ4n) is 2.35. The van der Waals surface area contributed by atoms with Crippen LogP contribution in [0.5, 0.6) is 5.75 Å². The lowest BCUT2D eigenvalue weighted by Crippen LogP contribution is -2.23. The lowest BCUT2D eigenvalue weighted by molar-refractivity contribution is -0.137. The number of nitrogens with zero attached hydrogens (tertiary/aromatic N) is 2. The molecule has 0 atom stereocenters. The highest BCUT2D eigenvalue weighted by Crippen LogP contribution is 2.30. The number of pyridine rings is 1. The molecule has 0 saturated carbocycles. The smallest absolute Gasteiger partial charge is 0.416 e. The number of hydrogen-bond donors (Lipinski definition) is 0. The molecule has 0 aliphatic rings. The highest BCUT2D eigenvalue weighted by molar-refractivity contribution is 7.92. The van der Waals surface area contributed by atoms with Crippen LogP contribution in [0.4, 0.5) is 23.5 Å². The average Bonchev–Trinajstić information content (AvgIpc) is 2.72. The Morgan fingerprint density at radius 1 is 0.897 bits per heavy atom. The molecule has 29 heavy (non-hydrogen) atoms. The first-order valence-corrected chi connectivity index (χ1v) is 9.64. The minimum Gasteiger partial charge on any atom is -0.487 e. The average molecular weight is 426 g/mol. The number of ether oxygens (including phenoxy) is 1. The van der Waals surface area contributed by atoms with Crippen LogP contribution in [0.25, 0.3) is 0 Å². The molecular weight excluding hydrogens is 412 g/mol. The summed E-state index contributed by atoms with van der Waals surface area (Å²) in [7, 11) is -4.44. The van der Waals surface area contributed by atoms with Crippen LogP contribution in [0.3, 0.4) is 0 Å². The second-order valence-electron chi connectivity index (χ2n) is 5.83. The van der Waals surface area contributed by atoms with E-state index in [4.69, 9.17) is 4.74 Å². The predicted octanol–water partition coefficient (Wildman–Crippen LogP) is 4.76. The van der Waals surface area contributed by atoms with Gasteiger partial charge in [-0.25, -0.2) is 4.98 Å². The van der Waals surface area contributed by atoms with Crippen molar-refractivity contribution in [2.45, 2.75) is 17.7 Å². The van der Waals surface area contributed by atoms with Crippen LogP contribution in [0.1, 0.15) is 11.3 Å². The van der Waals surface area contributed by atoms with Crippen molar-refractivity contribution < 1.29 is 30.8 Å². The van der Waals surface area contributed by atoms with E-state index in [-0.39, 0.29) is 22.9 Å². The number of sulfonamides is 1. The van der Waals surface area contributed by atoms with Gasteiger partial charge in [0.2, 0.25) is 0 Å². The van der Waals surface area contributed by atoms with Crippen LogP contribution in [-0.4, -0.2) is 13.4 Å². The quantitative estimate of drug-likeness (QED) is 0.421. The van der Waals surface area contributed by atoms with Gasteiger partial charge in [0.15, 0.2) is 5.82 Å². The van der Waals surface area contributed by atoms with Crippen molar-refractivity contribution in [3.63, 3.8) is 0 Å². The molecule has 2 aromatic carbocycles. The van der Waals surface area contributed by atoms with Gasteiger partial charge < -0.3 is 4.74 Å². The number of alkyl halides is 3. The lowest BCUT2D eigenvalue weighted by Gasteiger charge is -2.14. The van der Waals surface area contributed by atoms with Crippen LogP contribution in [0.15, 0.2) is 77.7 Å². The van der Waals surface area contributed by atoms with Crippen LogP contribution in [0.2, 0.25) is 0 Å². The number of anilines is 1. The molecule has 152 valence electrons. The third-order valence-electron chi connectivity index (χ3n) is 3.79. The Morgan fingerprint density at radius 3 is 2.17 bits per heavy atom. The summed E-state index contributed by atoms with van der Waals surface area (Å²) in [5.41, 5.74) is -0.627. The van der Waals surface area contributed by atoms with E-state index in [2.05, 4.69) is 4.98 Å². The van der Waals surface area contributed by atoms with Crippen molar-refractivity contribution in [1.29, 1.82) is 0 Å². The second-order valence-corrected chi connectivity index (χ2v) is 7.57. The minimum absolute atomic E-state index is 0.152. The molecular formula is C19H14F4N2O3S. The predicted molar refractivity (Wildman–Crippen MR) is 97.2 cm³/mol.